The van der Waals surface area contributed by atoms with E-state index >= 15 is 0 Å². The maximum absolute atomic E-state index is 6.03. The second-order valence-corrected chi connectivity index (χ2v) is 4.25. The van der Waals surface area contributed by atoms with Crippen LogP contribution in [0.2, 0.25) is 0 Å². The van der Waals surface area contributed by atoms with Crippen molar-refractivity contribution in [2.75, 3.05) is 38.1 Å². The van der Waals surface area contributed by atoms with Gasteiger partial charge in [-0.2, -0.15) is 5.84 Å². The molecule has 2 rings (SSSR count). The number of likely N-dealkylation sites (N-methyl/N-ethyl adjacent to an activating group) is 1. The molecule has 4 heteroatoms. The molecule has 0 unspecified atom stereocenters. The van der Waals surface area contributed by atoms with E-state index in [4.69, 9.17) is 5.84 Å². The summed E-state index contributed by atoms with van der Waals surface area (Å²) in [4.78, 5) is 2.40. The number of quaternary nitrogens is 1. The maximum Gasteiger partial charge on any atom is 0.114 e. The van der Waals surface area contributed by atoms with E-state index in [1.807, 2.05) is 0 Å². The standard InChI is InChI=1S/C11H18N3.HI/c1-14(12)9-7-13(8-10-14)11-5-3-2-4-6-11;/h2-6H,7-10,12H2,1H3;1H/q+1;/p-1. The summed E-state index contributed by atoms with van der Waals surface area (Å²) < 4.78 is 0.656. The molecule has 1 aromatic rings. The lowest BCUT2D eigenvalue weighted by molar-refractivity contribution is -0.921. The second kappa shape index (κ2) is 5.14. The van der Waals surface area contributed by atoms with Crippen molar-refractivity contribution in [3.63, 3.8) is 0 Å². The van der Waals surface area contributed by atoms with E-state index in [0.717, 1.165) is 26.2 Å². The van der Waals surface area contributed by atoms with Crippen molar-refractivity contribution in [1.29, 1.82) is 0 Å². The Morgan fingerprint density at radius 1 is 1.13 bits per heavy atom. The van der Waals surface area contributed by atoms with Crippen molar-refractivity contribution in [1.82, 2.24) is 0 Å². The van der Waals surface area contributed by atoms with E-state index < -0.39 is 0 Å². The largest absolute Gasteiger partial charge is 1.00 e. The lowest BCUT2D eigenvalue weighted by Gasteiger charge is -2.38. The van der Waals surface area contributed by atoms with Gasteiger partial charge >= 0.3 is 0 Å². The highest BCUT2D eigenvalue weighted by atomic mass is 127. The summed E-state index contributed by atoms with van der Waals surface area (Å²) in [6, 6.07) is 10.5. The van der Waals surface area contributed by atoms with Crippen molar-refractivity contribution < 1.29 is 28.6 Å². The fraction of sp³-hybridized carbons (Fsp3) is 0.455. The van der Waals surface area contributed by atoms with Crippen LogP contribution in [0.1, 0.15) is 0 Å². The van der Waals surface area contributed by atoms with Gasteiger partial charge in [0.1, 0.15) is 13.1 Å². The Labute approximate surface area is 108 Å². The third-order valence-corrected chi connectivity index (χ3v) is 2.88. The average molecular weight is 319 g/mol. The zero-order chi connectivity index (χ0) is 10.0. The molecule has 0 amide bonds. The van der Waals surface area contributed by atoms with Crippen LogP contribution in [-0.2, 0) is 0 Å². The van der Waals surface area contributed by atoms with E-state index in [1.54, 1.807) is 0 Å². The zero-order valence-corrected chi connectivity index (χ0v) is 11.2. The van der Waals surface area contributed by atoms with Gasteiger partial charge in [-0.15, -0.1) is 0 Å². The van der Waals surface area contributed by atoms with Crippen LogP contribution in [-0.4, -0.2) is 37.8 Å². The van der Waals surface area contributed by atoms with Crippen molar-refractivity contribution in [2.45, 2.75) is 0 Å². The molecule has 0 aliphatic carbocycles. The molecule has 0 spiro atoms. The van der Waals surface area contributed by atoms with Gasteiger partial charge in [-0.05, 0) is 12.1 Å². The predicted octanol–water partition coefficient (Wildman–Crippen LogP) is -2.17. The molecule has 3 nitrogen and oxygen atoms in total. The summed E-state index contributed by atoms with van der Waals surface area (Å²) in [7, 11) is 2.09. The number of para-hydroxylation sites is 1. The van der Waals surface area contributed by atoms with Gasteiger partial charge in [0.05, 0.1) is 20.1 Å². The molecule has 1 heterocycles. The van der Waals surface area contributed by atoms with Crippen LogP contribution in [0.15, 0.2) is 30.3 Å². The Kier molecular flexibility index (Phi) is 4.36. The Morgan fingerprint density at radius 3 is 2.20 bits per heavy atom. The van der Waals surface area contributed by atoms with Crippen LogP contribution >= 0.6 is 0 Å². The lowest BCUT2D eigenvalue weighted by Crippen LogP contribution is -3.00. The Morgan fingerprint density at radius 2 is 1.67 bits per heavy atom. The summed E-state index contributed by atoms with van der Waals surface area (Å²) in [5.41, 5.74) is 1.31. The summed E-state index contributed by atoms with van der Waals surface area (Å²) >= 11 is 0. The van der Waals surface area contributed by atoms with E-state index in [0.29, 0.717) is 4.59 Å². The van der Waals surface area contributed by atoms with Crippen LogP contribution < -0.4 is 34.7 Å². The SMILES string of the molecule is C[N+]1(N)CCN(c2ccccc2)CC1.[I-]. The number of nitrogens with zero attached hydrogens (tertiary/aromatic N) is 2. The van der Waals surface area contributed by atoms with Crippen molar-refractivity contribution in [2.24, 2.45) is 5.84 Å². The quantitative estimate of drug-likeness (QED) is 0.363. The van der Waals surface area contributed by atoms with Crippen LogP contribution in [0.4, 0.5) is 5.69 Å². The van der Waals surface area contributed by atoms with Gasteiger partial charge in [-0.3, -0.25) is 0 Å². The summed E-state index contributed by atoms with van der Waals surface area (Å²) in [6.07, 6.45) is 0. The molecule has 0 saturated carbocycles. The number of halogens is 1. The first-order valence-electron chi connectivity index (χ1n) is 5.10. The molecule has 0 atom stereocenters. The van der Waals surface area contributed by atoms with E-state index in [2.05, 4.69) is 42.3 Å². The number of piperazine rings is 1. The van der Waals surface area contributed by atoms with E-state index in [9.17, 15) is 0 Å². The van der Waals surface area contributed by atoms with Gasteiger partial charge in [0.25, 0.3) is 0 Å². The van der Waals surface area contributed by atoms with Gasteiger partial charge in [0.2, 0.25) is 0 Å². The number of hydrogen-bond acceptors (Lipinski definition) is 2. The highest BCUT2D eigenvalue weighted by molar-refractivity contribution is 5.46. The monoisotopic (exact) mass is 319 g/mol. The molecule has 2 N–H and O–H groups in total. The molecule has 0 radical (unpaired) electrons. The molecule has 1 aromatic carbocycles. The van der Waals surface area contributed by atoms with Gasteiger partial charge < -0.3 is 28.9 Å². The van der Waals surface area contributed by atoms with Crippen LogP contribution in [0.5, 0.6) is 0 Å². The second-order valence-electron chi connectivity index (χ2n) is 4.25. The van der Waals surface area contributed by atoms with Gasteiger partial charge in [0, 0.05) is 5.69 Å². The zero-order valence-electron chi connectivity index (χ0n) is 9.06. The minimum atomic E-state index is 0. The third-order valence-electron chi connectivity index (χ3n) is 2.88. The van der Waals surface area contributed by atoms with Crippen LogP contribution in [0.3, 0.4) is 0 Å². The molecule has 1 aliphatic heterocycles. The third kappa shape index (κ3) is 3.32. The smallest absolute Gasteiger partial charge is 0.114 e. The highest BCUT2D eigenvalue weighted by Crippen LogP contribution is 2.15. The fourth-order valence-corrected chi connectivity index (χ4v) is 1.82. The van der Waals surface area contributed by atoms with Crippen molar-refractivity contribution in [3.05, 3.63) is 30.3 Å². The minimum Gasteiger partial charge on any atom is -1.00 e. The van der Waals surface area contributed by atoms with Gasteiger partial charge in [-0.25, -0.2) is 4.59 Å². The van der Waals surface area contributed by atoms with Crippen molar-refractivity contribution >= 4 is 5.69 Å². The van der Waals surface area contributed by atoms with E-state index in [-0.39, 0.29) is 24.0 Å². The first kappa shape index (κ1) is 12.7. The number of anilines is 1. The minimum absolute atomic E-state index is 0. The maximum atomic E-state index is 6.03. The molecule has 1 aliphatic rings. The molecule has 1 fully saturated rings. The first-order valence-corrected chi connectivity index (χ1v) is 5.10. The predicted molar refractivity (Wildman–Crippen MR) is 58.8 cm³/mol. The van der Waals surface area contributed by atoms with Gasteiger partial charge in [-0.1, -0.05) is 18.2 Å². The molecule has 15 heavy (non-hydrogen) atoms. The summed E-state index contributed by atoms with van der Waals surface area (Å²) in [5, 5.41) is 0. The van der Waals surface area contributed by atoms with Crippen LogP contribution in [0.25, 0.3) is 0 Å². The molecular weight excluding hydrogens is 301 g/mol. The number of hydrogen-bond donors (Lipinski definition) is 1. The van der Waals surface area contributed by atoms with Crippen molar-refractivity contribution in [3.8, 4) is 0 Å². The number of nitrogens with two attached hydrogens (primary N) is 1. The Hall–Kier alpha value is -0.330. The van der Waals surface area contributed by atoms with E-state index in [1.165, 1.54) is 5.69 Å². The highest BCUT2D eigenvalue weighted by Gasteiger charge is 2.25. The average Bonchev–Trinajstić information content (AvgIpc) is 2.19. The first-order chi connectivity index (χ1) is 6.67. The summed E-state index contributed by atoms with van der Waals surface area (Å²) in [5.74, 6) is 6.03. The Bertz CT molecular complexity index is 290. The number of benzene rings is 1. The van der Waals surface area contributed by atoms with Crippen LogP contribution in [0, 0.1) is 0 Å². The summed E-state index contributed by atoms with van der Waals surface area (Å²) in [6.45, 7) is 4.15. The fourth-order valence-electron chi connectivity index (χ4n) is 1.82. The number of rotatable bonds is 1. The molecule has 0 bridgehead atoms. The lowest BCUT2D eigenvalue weighted by atomic mass is 10.2. The Balaban J connectivity index is 0.00000112. The normalized spacial score (nSPS) is 19.5. The molecule has 84 valence electrons. The topological polar surface area (TPSA) is 29.3 Å². The molecular formula is C11H18IN3. The van der Waals surface area contributed by atoms with Gasteiger partial charge in [0.15, 0.2) is 0 Å². The molecule has 1 saturated heterocycles. The molecule has 0 aromatic heterocycles.